The van der Waals surface area contributed by atoms with Crippen LogP contribution >= 0.6 is 0 Å². The molecule has 2 aliphatic rings. The van der Waals surface area contributed by atoms with Crippen LogP contribution in [0.2, 0.25) is 0 Å². The van der Waals surface area contributed by atoms with Crippen LogP contribution in [0.25, 0.3) is 0 Å². The molecule has 2 fully saturated rings. The standard InChI is InChI=1S/C23H28N4O4/c28-22(21-6-3-13-31-21)25-18-7-9-19(10-8-18)26-23(29)27(16-20-5-2-12-30-20)15-17-4-1-11-24-14-17/h1,4,7-11,14,20-21H,2-3,5-6,12-13,15-16H2,(H,25,28)(H,26,29). The van der Waals surface area contributed by atoms with Gasteiger partial charge in [-0.15, -0.1) is 0 Å². The van der Waals surface area contributed by atoms with Crippen LogP contribution in [0.3, 0.4) is 0 Å². The van der Waals surface area contributed by atoms with E-state index in [1.54, 1.807) is 41.6 Å². The average molecular weight is 425 g/mol. The van der Waals surface area contributed by atoms with Crippen molar-refractivity contribution in [1.82, 2.24) is 9.88 Å². The molecule has 0 spiro atoms. The number of aromatic nitrogens is 1. The van der Waals surface area contributed by atoms with E-state index >= 15 is 0 Å². The fourth-order valence-electron chi connectivity index (χ4n) is 3.81. The molecule has 3 amide bonds. The molecule has 1 aromatic carbocycles. The minimum Gasteiger partial charge on any atom is -0.376 e. The molecule has 164 valence electrons. The summed E-state index contributed by atoms with van der Waals surface area (Å²) in [4.78, 5) is 31.1. The van der Waals surface area contributed by atoms with E-state index in [4.69, 9.17) is 9.47 Å². The van der Waals surface area contributed by atoms with Gasteiger partial charge in [-0.25, -0.2) is 4.79 Å². The van der Waals surface area contributed by atoms with E-state index < -0.39 is 0 Å². The molecule has 2 aliphatic heterocycles. The van der Waals surface area contributed by atoms with Crippen molar-refractivity contribution in [3.05, 3.63) is 54.4 Å². The smallest absolute Gasteiger partial charge is 0.322 e. The van der Waals surface area contributed by atoms with Gasteiger partial charge < -0.3 is 25.0 Å². The predicted octanol–water partition coefficient (Wildman–Crippen LogP) is 3.41. The third kappa shape index (κ3) is 6.02. The summed E-state index contributed by atoms with van der Waals surface area (Å²) in [5.74, 6) is -0.131. The topological polar surface area (TPSA) is 92.8 Å². The van der Waals surface area contributed by atoms with Gasteiger partial charge in [0.2, 0.25) is 0 Å². The number of anilines is 2. The number of pyridine rings is 1. The summed E-state index contributed by atoms with van der Waals surface area (Å²) in [6, 6.07) is 10.7. The van der Waals surface area contributed by atoms with Gasteiger partial charge in [0.05, 0.1) is 6.10 Å². The summed E-state index contributed by atoms with van der Waals surface area (Å²) in [7, 11) is 0. The first-order valence-corrected chi connectivity index (χ1v) is 10.8. The highest BCUT2D eigenvalue weighted by Crippen LogP contribution is 2.19. The SMILES string of the molecule is O=C(Nc1ccc(NC(=O)N(Cc2cccnc2)CC2CCCO2)cc1)C1CCCO1. The van der Waals surface area contributed by atoms with Crippen molar-refractivity contribution in [3.63, 3.8) is 0 Å². The van der Waals surface area contributed by atoms with Crippen LogP contribution in [0.15, 0.2) is 48.8 Å². The molecule has 0 radical (unpaired) electrons. The fraction of sp³-hybridized carbons (Fsp3) is 0.435. The molecule has 1 aromatic heterocycles. The summed E-state index contributed by atoms with van der Waals surface area (Å²) in [6.07, 6.45) is 6.79. The number of benzene rings is 1. The zero-order chi connectivity index (χ0) is 21.5. The van der Waals surface area contributed by atoms with Gasteiger partial charge in [0, 0.05) is 50.1 Å². The van der Waals surface area contributed by atoms with Crippen LogP contribution in [0.5, 0.6) is 0 Å². The molecule has 0 aliphatic carbocycles. The number of nitrogens with one attached hydrogen (secondary N) is 2. The maximum atomic E-state index is 13.0. The third-order valence-corrected chi connectivity index (χ3v) is 5.46. The molecule has 3 heterocycles. The molecule has 2 saturated heterocycles. The van der Waals surface area contributed by atoms with Crippen molar-refractivity contribution in [3.8, 4) is 0 Å². The Bertz CT molecular complexity index is 863. The number of ether oxygens (including phenoxy) is 2. The van der Waals surface area contributed by atoms with Crippen molar-refractivity contribution in [1.29, 1.82) is 0 Å². The largest absolute Gasteiger partial charge is 0.376 e. The number of hydrogen-bond acceptors (Lipinski definition) is 5. The molecule has 2 aromatic rings. The minimum absolute atomic E-state index is 0.0535. The normalized spacial score (nSPS) is 20.4. The van der Waals surface area contributed by atoms with Crippen molar-refractivity contribution in [2.75, 3.05) is 30.4 Å². The summed E-state index contributed by atoms with van der Waals surface area (Å²) in [6.45, 7) is 2.35. The second-order valence-electron chi connectivity index (χ2n) is 7.88. The van der Waals surface area contributed by atoms with E-state index in [1.165, 1.54) is 0 Å². The van der Waals surface area contributed by atoms with Crippen LogP contribution in [-0.2, 0) is 20.8 Å². The number of carbonyl (C=O) groups is 2. The monoisotopic (exact) mass is 424 g/mol. The first-order chi connectivity index (χ1) is 15.2. The van der Waals surface area contributed by atoms with Crippen LogP contribution in [0.1, 0.15) is 31.2 Å². The van der Waals surface area contributed by atoms with Crippen LogP contribution in [0.4, 0.5) is 16.2 Å². The van der Waals surface area contributed by atoms with Crippen LogP contribution in [0, 0.1) is 0 Å². The van der Waals surface area contributed by atoms with E-state index in [0.717, 1.165) is 37.9 Å². The molecular formula is C23H28N4O4. The van der Waals surface area contributed by atoms with E-state index in [0.29, 0.717) is 31.1 Å². The number of rotatable bonds is 7. The Balaban J connectivity index is 1.36. The van der Waals surface area contributed by atoms with E-state index in [1.807, 2.05) is 12.1 Å². The maximum Gasteiger partial charge on any atom is 0.322 e. The highest BCUT2D eigenvalue weighted by molar-refractivity contribution is 5.95. The van der Waals surface area contributed by atoms with Gasteiger partial charge in [-0.2, -0.15) is 0 Å². The van der Waals surface area contributed by atoms with Crippen molar-refractivity contribution in [2.24, 2.45) is 0 Å². The molecule has 0 bridgehead atoms. The summed E-state index contributed by atoms with van der Waals surface area (Å²) in [5, 5.41) is 5.80. The molecule has 2 N–H and O–H groups in total. The molecule has 0 saturated carbocycles. The Morgan fingerprint density at radius 2 is 1.74 bits per heavy atom. The number of amides is 3. The average Bonchev–Trinajstić information content (AvgIpc) is 3.50. The number of nitrogens with zero attached hydrogens (tertiary/aromatic N) is 2. The van der Waals surface area contributed by atoms with E-state index in [-0.39, 0.29) is 24.1 Å². The molecule has 2 atom stereocenters. The van der Waals surface area contributed by atoms with Crippen molar-refractivity contribution < 1.29 is 19.1 Å². The van der Waals surface area contributed by atoms with Gasteiger partial charge in [-0.05, 0) is 61.6 Å². The van der Waals surface area contributed by atoms with Crippen molar-refractivity contribution in [2.45, 2.75) is 44.4 Å². The van der Waals surface area contributed by atoms with Crippen LogP contribution in [-0.4, -0.2) is 53.8 Å². The van der Waals surface area contributed by atoms with Gasteiger partial charge in [0.25, 0.3) is 5.91 Å². The first kappa shape index (κ1) is 21.3. The second-order valence-corrected chi connectivity index (χ2v) is 7.88. The molecule has 2 unspecified atom stereocenters. The summed E-state index contributed by atoms with van der Waals surface area (Å²) in [5.41, 5.74) is 2.29. The Labute approximate surface area is 181 Å². The Kier molecular flexibility index (Phi) is 7.11. The maximum absolute atomic E-state index is 13.0. The van der Waals surface area contributed by atoms with Crippen molar-refractivity contribution >= 4 is 23.3 Å². The number of hydrogen-bond donors (Lipinski definition) is 2. The van der Waals surface area contributed by atoms with Gasteiger partial charge in [-0.3, -0.25) is 9.78 Å². The molecule has 4 rings (SSSR count). The Hall–Kier alpha value is -2.97. The second kappa shape index (κ2) is 10.4. The highest BCUT2D eigenvalue weighted by Gasteiger charge is 2.24. The Morgan fingerprint density at radius 3 is 2.39 bits per heavy atom. The first-order valence-electron chi connectivity index (χ1n) is 10.8. The lowest BCUT2D eigenvalue weighted by atomic mass is 10.2. The number of urea groups is 1. The molecule has 31 heavy (non-hydrogen) atoms. The third-order valence-electron chi connectivity index (χ3n) is 5.46. The molecular weight excluding hydrogens is 396 g/mol. The summed E-state index contributed by atoms with van der Waals surface area (Å²) >= 11 is 0. The van der Waals surface area contributed by atoms with Gasteiger partial charge in [0.1, 0.15) is 6.10 Å². The zero-order valence-electron chi connectivity index (χ0n) is 17.5. The van der Waals surface area contributed by atoms with Gasteiger partial charge in [-0.1, -0.05) is 6.07 Å². The quantitative estimate of drug-likeness (QED) is 0.711. The van der Waals surface area contributed by atoms with Crippen LogP contribution < -0.4 is 10.6 Å². The minimum atomic E-state index is -0.377. The van der Waals surface area contributed by atoms with E-state index in [2.05, 4.69) is 15.6 Å². The zero-order valence-corrected chi connectivity index (χ0v) is 17.5. The lowest BCUT2D eigenvalue weighted by molar-refractivity contribution is -0.124. The van der Waals surface area contributed by atoms with Gasteiger partial charge >= 0.3 is 6.03 Å². The predicted molar refractivity (Wildman–Crippen MR) is 117 cm³/mol. The molecule has 8 nitrogen and oxygen atoms in total. The van der Waals surface area contributed by atoms with E-state index in [9.17, 15) is 9.59 Å². The number of carbonyl (C=O) groups excluding carboxylic acids is 2. The fourth-order valence-corrected chi connectivity index (χ4v) is 3.81. The Morgan fingerprint density at radius 1 is 1.00 bits per heavy atom. The van der Waals surface area contributed by atoms with Gasteiger partial charge in [0.15, 0.2) is 0 Å². The summed E-state index contributed by atoms with van der Waals surface area (Å²) < 4.78 is 11.1. The lowest BCUT2D eigenvalue weighted by Crippen LogP contribution is -2.39. The lowest BCUT2D eigenvalue weighted by Gasteiger charge is -2.26. The molecule has 8 heteroatoms. The highest BCUT2D eigenvalue weighted by atomic mass is 16.5.